The number of nitrogen functional groups attached to an aromatic ring is 1. The lowest BCUT2D eigenvalue weighted by atomic mass is 10.3. The van der Waals surface area contributed by atoms with Gasteiger partial charge in [0.2, 0.25) is 0 Å². The van der Waals surface area contributed by atoms with Crippen LogP contribution in [-0.2, 0) is 0 Å². The fourth-order valence-corrected chi connectivity index (χ4v) is 1.40. The number of nitrogens with one attached hydrogen (secondary N) is 2. The lowest BCUT2D eigenvalue weighted by Gasteiger charge is -2.07. The Hall–Kier alpha value is -2.08. The zero-order chi connectivity index (χ0) is 12.4. The Morgan fingerprint density at radius 3 is 2.94 bits per heavy atom. The zero-order valence-corrected chi connectivity index (χ0v) is 9.25. The second kappa shape index (κ2) is 4.42. The van der Waals surface area contributed by atoms with Crippen LogP contribution in [0, 0.1) is 5.82 Å². The van der Waals surface area contributed by atoms with Crippen LogP contribution in [0.3, 0.4) is 0 Å². The maximum atomic E-state index is 12.9. The topological polar surface area (TPSA) is 83.8 Å². The van der Waals surface area contributed by atoms with Crippen molar-refractivity contribution in [3.05, 3.63) is 45.7 Å². The molecule has 4 N–H and O–H groups in total. The van der Waals surface area contributed by atoms with Crippen LogP contribution >= 0.6 is 11.6 Å². The third-order valence-electron chi connectivity index (χ3n) is 2.07. The van der Waals surface area contributed by atoms with E-state index in [9.17, 15) is 9.18 Å². The summed E-state index contributed by atoms with van der Waals surface area (Å²) in [6, 6.07) is 4.04. The molecule has 0 aliphatic carbocycles. The summed E-state index contributed by atoms with van der Waals surface area (Å²) in [6.07, 6.45) is 1.21. The van der Waals surface area contributed by atoms with E-state index in [0.29, 0.717) is 5.69 Å². The Balaban J connectivity index is 2.35. The maximum Gasteiger partial charge on any atom is 0.276 e. The van der Waals surface area contributed by atoms with E-state index in [-0.39, 0.29) is 16.5 Å². The molecule has 1 aromatic heterocycles. The van der Waals surface area contributed by atoms with E-state index in [1.807, 2.05) is 0 Å². The van der Waals surface area contributed by atoms with E-state index in [0.717, 1.165) is 0 Å². The number of H-pyrrole nitrogens is 1. The minimum Gasteiger partial charge on any atom is -0.391 e. The standard InChI is InChI=1S/C10H8ClFN4O/c11-6-3-5(1-2-7(6)12)16-9-8(13)10(17)15-4-14-9/h1-4H,13H2,(H2,14,15,16,17). The minimum atomic E-state index is -0.524. The monoisotopic (exact) mass is 254 g/mol. The number of hydrogen-bond acceptors (Lipinski definition) is 4. The Labute approximate surface area is 100 Å². The molecule has 17 heavy (non-hydrogen) atoms. The summed E-state index contributed by atoms with van der Waals surface area (Å²) in [5.74, 6) is -0.333. The summed E-state index contributed by atoms with van der Waals surface area (Å²) in [5, 5.41) is 2.74. The van der Waals surface area contributed by atoms with Crippen molar-refractivity contribution in [1.82, 2.24) is 9.97 Å². The van der Waals surface area contributed by atoms with E-state index >= 15 is 0 Å². The van der Waals surface area contributed by atoms with Crippen molar-refractivity contribution in [2.75, 3.05) is 11.1 Å². The number of aromatic amines is 1. The number of nitrogens with zero attached hydrogens (tertiary/aromatic N) is 1. The summed E-state index contributed by atoms with van der Waals surface area (Å²) in [6.45, 7) is 0. The Kier molecular flexibility index (Phi) is 2.97. The molecular formula is C10H8ClFN4O. The van der Waals surface area contributed by atoms with Gasteiger partial charge >= 0.3 is 0 Å². The summed E-state index contributed by atoms with van der Waals surface area (Å²) in [7, 11) is 0. The van der Waals surface area contributed by atoms with E-state index < -0.39 is 11.4 Å². The first-order valence-electron chi connectivity index (χ1n) is 4.63. The molecule has 2 rings (SSSR count). The third kappa shape index (κ3) is 2.36. The molecule has 0 unspecified atom stereocenters. The molecule has 1 aromatic carbocycles. The molecular weight excluding hydrogens is 247 g/mol. The quantitative estimate of drug-likeness (QED) is 0.764. The van der Waals surface area contributed by atoms with Crippen molar-refractivity contribution in [3.8, 4) is 0 Å². The second-order valence-electron chi connectivity index (χ2n) is 3.25. The van der Waals surface area contributed by atoms with Gasteiger partial charge in [-0.3, -0.25) is 4.79 Å². The van der Waals surface area contributed by atoms with Crippen molar-refractivity contribution in [2.24, 2.45) is 0 Å². The molecule has 1 heterocycles. The average molecular weight is 255 g/mol. The molecule has 0 aliphatic rings. The van der Waals surface area contributed by atoms with Gasteiger partial charge in [0.25, 0.3) is 5.56 Å². The molecule has 5 nitrogen and oxygen atoms in total. The third-order valence-corrected chi connectivity index (χ3v) is 2.36. The van der Waals surface area contributed by atoms with E-state index in [1.165, 1.54) is 24.5 Å². The van der Waals surface area contributed by atoms with Crippen LogP contribution < -0.4 is 16.6 Å². The van der Waals surface area contributed by atoms with E-state index in [4.69, 9.17) is 17.3 Å². The number of anilines is 3. The highest BCUT2D eigenvalue weighted by Crippen LogP contribution is 2.22. The Morgan fingerprint density at radius 1 is 1.47 bits per heavy atom. The van der Waals surface area contributed by atoms with E-state index in [2.05, 4.69) is 15.3 Å². The van der Waals surface area contributed by atoms with Crippen LogP contribution in [0.4, 0.5) is 21.6 Å². The van der Waals surface area contributed by atoms with Gasteiger partial charge in [0.15, 0.2) is 5.82 Å². The van der Waals surface area contributed by atoms with Crippen molar-refractivity contribution in [1.29, 1.82) is 0 Å². The fraction of sp³-hybridized carbons (Fsp3) is 0. The second-order valence-corrected chi connectivity index (χ2v) is 3.66. The first-order valence-corrected chi connectivity index (χ1v) is 5.01. The summed E-state index contributed by atoms with van der Waals surface area (Å²) in [4.78, 5) is 17.4. The van der Waals surface area contributed by atoms with Crippen molar-refractivity contribution < 1.29 is 4.39 Å². The largest absolute Gasteiger partial charge is 0.391 e. The first kappa shape index (κ1) is 11.4. The molecule has 7 heteroatoms. The summed E-state index contributed by atoms with van der Waals surface area (Å²) >= 11 is 5.62. The molecule has 0 atom stereocenters. The van der Waals surface area contributed by atoms with Crippen LogP contribution in [0.1, 0.15) is 0 Å². The highest BCUT2D eigenvalue weighted by molar-refractivity contribution is 6.31. The van der Waals surface area contributed by atoms with Gasteiger partial charge < -0.3 is 16.0 Å². The predicted molar refractivity (Wildman–Crippen MR) is 64.0 cm³/mol. The highest BCUT2D eigenvalue weighted by atomic mass is 35.5. The molecule has 88 valence electrons. The lowest BCUT2D eigenvalue weighted by molar-refractivity contribution is 0.628. The predicted octanol–water partition coefficient (Wildman–Crippen LogP) is 1.89. The number of rotatable bonds is 2. The molecule has 0 saturated carbocycles. The molecule has 0 bridgehead atoms. The number of hydrogen-bond donors (Lipinski definition) is 3. The van der Waals surface area contributed by atoms with Gasteiger partial charge in [-0.15, -0.1) is 0 Å². The first-order chi connectivity index (χ1) is 8.08. The van der Waals surface area contributed by atoms with Crippen LogP contribution in [0.15, 0.2) is 29.3 Å². The van der Waals surface area contributed by atoms with Crippen molar-refractivity contribution >= 4 is 28.8 Å². The van der Waals surface area contributed by atoms with Gasteiger partial charge in [0.05, 0.1) is 11.3 Å². The van der Waals surface area contributed by atoms with E-state index in [1.54, 1.807) is 0 Å². The smallest absolute Gasteiger partial charge is 0.276 e. The number of nitrogens with two attached hydrogens (primary N) is 1. The highest BCUT2D eigenvalue weighted by Gasteiger charge is 2.06. The summed E-state index contributed by atoms with van der Waals surface area (Å²) in [5.41, 5.74) is 5.51. The molecule has 0 radical (unpaired) electrons. The SMILES string of the molecule is Nc1c(Nc2ccc(F)c(Cl)c2)nc[nH]c1=O. The average Bonchev–Trinajstić information content (AvgIpc) is 2.30. The molecule has 0 saturated heterocycles. The summed E-state index contributed by atoms with van der Waals surface area (Å²) < 4.78 is 12.9. The van der Waals surface area contributed by atoms with Gasteiger partial charge in [-0.1, -0.05) is 11.6 Å². The molecule has 0 spiro atoms. The molecule has 0 aliphatic heterocycles. The fourth-order valence-electron chi connectivity index (χ4n) is 1.22. The minimum absolute atomic E-state index is 0.0292. The van der Waals surface area contributed by atoms with Crippen LogP contribution in [0.5, 0.6) is 0 Å². The van der Waals surface area contributed by atoms with Gasteiger partial charge in [0, 0.05) is 5.69 Å². The molecule has 2 aromatic rings. The van der Waals surface area contributed by atoms with Crippen LogP contribution in [0.2, 0.25) is 5.02 Å². The van der Waals surface area contributed by atoms with Crippen LogP contribution in [-0.4, -0.2) is 9.97 Å². The number of benzene rings is 1. The normalized spacial score (nSPS) is 10.2. The van der Waals surface area contributed by atoms with Gasteiger partial charge in [-0.05, 0) is 18.2 Å². The zero-order valence-electron chi connectivity index (χ0n) is 8.50. The van der Waals surface area contributed by atoms with Crippen molar-refractivity contribution in [3.63, 3.8) is 0 Å². The maximum absolute atomic E-state index is 12.9. The van der Waals surface area contributed by atoms with Gasteiger partial charge in [-0.2, -0.15) is 0 Å². The molecule has 0 amide bonds. The Morgan fingerprint density at radius 2 is 2.24 bits per heavy atom. The lowest BCUT2D eigenvalue weighted by Crippen LogP contribution is -2.14. The number of halogens is 2. The number of aromatic nitrogens is 2. The van der Waals surface area contributed by atoms with Crippen molar-refractivity contribution in [2.45, 2.75) is 0 Å². The Bertz CT molecular complexity index is 613. The van der Waals surface area contributed by atoms with Gasteiger partial charge in [0.1, 0.15) is 11.5 Å². The van der Waals surface area contributed by atoms with Gasteiger partial charge in [-0.25, -0.2) is 9.37 Å². The molecule has 0 fully saturated rings. The van der Waals surface area contributed by atoms with Crippen LogP contribution in [0.25, 0.3) is 0 Å².